The van der Waals surface area contributed by atoms with Gasteiger partial charge >= 0.3 is 5.91 Å². The van der Waals surface area contributed by atoms with Crippen molar-refractivity contribution in [3.05, 3.63) is 66.9 Å². The number of carbonyl (C=O) groups excluding carboxylic acids is 1. The molecule has 0 aliphatic carbocycles. The van der Waals surface area contributed by atoms with E-state index in [-0.39, 0.29) is 17.8 Å². The molecule has 0 radical (unpaired) electrons. The van der Waals surface area contributed by atoms with Gasteiger partial charge in [0.05, 0.1) is 5.69 Å². The lowest BCUT2D eigenvalue weighted by atomic mass is 10.2. The molecule has 1 atom stereocenters. The quantitative estimate of drug-likeness (QED) is 0.576. The highest BCUT2D eigenvalue weighted by Gasteiger charge is 2.27. The number of nitrogens with zero attached hydrogens (tertiary/aromatic N) is 5. The van der Waals surface area contributed by atoms with E-state index in [1.54, 1.807) is 24.7 Å². The molecule has 1 unspecified atom stereocenters. The number of carbonyl (C=O) groups is 1. The molecule has 1 N–H and O–H groups in total. The second kappa shape index (κ2) is 7.31. The van der Waals surface area contributed by atoms with E-state index in [9.17, 15) is 4.79 Å². The van der Waals surface area contributed by atoms with Crippen molar-refractivity contribution in [1.29, 1.82) is 0 Å². The van der Waals surface area contributed by atoms with Crippen LogP contribution in [0.25, 0.3) is 22.4 Å². The Bertz CT molecular complexity index is 1130. The molecule has 0 bridgehead atoms. The molecule has 1 aromatic carbocycles. The Morgan fingerprint density at radius 3 is 2.90 bits per heavy atom. The summed E-state index contributed by atoms with van der Waals surface area (Å²) in [4.78, 5) is 32.0. The van der Waals surface area contributed by atoms with Crippen molar-refractivity contribution < 1.29 is 9.21 Å². The van der Waals surface area contributed by atoms with Gasteiger partial charge in [0.15, 0.2) is 5.58 Å². The van der Waals surface area contributed by atoms with Gasteiger partial charge in [-0.2, -0.15) is 0 Å². The topological polar surface area (TPSA) is 97.0 Å². The van der Waals surface area contributed by atoms with E-state index in [4.69, 9.17) is 4.42 Å². The van der Waals surface area contributed by atoms with E-state index < -0.39 is 0 Å². The highest BCUT2D eigenvalue weighted by atomic mass is 16.4. The summed E-state index contributed by atoms with van der Waals surface area (Å²) in [5.74, 6) is 0.419. The molecule has 144 valence electrons. The predicted octanol–water partition coefficient (Wildman–Crippen LogP) is 2.69. The minimum Gasteiger partial charge on any atom is -0.432 e. The van der Waals surface area contributed by atoms with Crippen LogP contribution in [0.3, 0.4) is 0 Å². The van der Waals surface area contributed by atoms with Crippen LogP contribution in [-0.4, -0.2) is 45.0 Å². The first-order valence-corrected chi connectivity index (χ1v) is 9.41. The summed E-state index contributed by atoms with van der Waals surface area (Å²) in [5, 5.41) is 3.00. The number of aromatic nitrogens is 4. The number of fused-ring (bicyclic) bond motifs is 1. The van der Waals surface area contributed by atoms with Crippen molar-refractivity contribution in [2.45, 2.75) is 12.5 Å². The number of anilines is 1. The zero-order valence-corrected chi connectivity index (χ0v) is 15.5. The van der Waals surface area contributed by atoms with Crippen molar-refractivity contribution in [1.82, 2.24) is 25.3 Å². The van der Waals surface area contributed by atoms with Crippen LogP contribution in [0.1, 0.15) is 17.1 Å². The van der Waals surface area contributed by atoms with E-state index in [0.717, 1.165) is 24.2 Å². The molecule has 0 saturated carbocycles. The van der Waals surface area contributed by atoms with Gasteiger partial charge in [-0.3, -0.25) is 9.78 Å². The minimum atomic E-state index is -0.307. The molecule has 4 heterocycles. The first-order valence-electron chi connectivity index (χ1n) is 9.41. The first kappa shape index (κ1) is 17.3. The van der Waals surface area contributed by atoms with Crippen molar-refractivity contribution in [2.24, 2.45) is 0 Å². The number of benzene rings is 1. The van der Waals surface area contributed by atoms with Crippen molar-refractivity contribution >= 4 is 23.0 Å². The molecule has 1 amide bonds. The fraction of sp³-hybridized carbons (Fsp3) is 0.190. The van der Waals surface area contributed by atoms with Crippen LogP contribution in [0.15, 0.2) is 65.5 Å². The third kappa shape index (κ3) is 3.52. The standard InChI is InChI=1S/C21H18N6O2/c28-19(20-25-17-5-1-2-6-18(17)29-20)24-15-8-11-27(13-15)21-23-10-7-16(26-21)14-4-3-9-22-12-14/h1-7,9-10,12,15H,8,11,13H2,(H,24,28). The fourth-order valence-corrected chi connectivity index (χ4v) is 3.45. The maximum absolute atomic E-state index is 12.5. The summed E-state index contributed by atoms with van der Waals surface area (Å²) < 4.78 is 5.55. The molecule has 8 nitrogen and oxygen atoms in total. The molecular weight excluding hydrogens is 368 g/mol. The Morgan fingerprint density at radius 1 is 1.10 bits per heavy atom. The maximum Gasteiger partial charge on any atom is 0.307 e. The second-order valence-electron chi connectivity index (χ2n) is 6.88. The van der Waals surface area contributed by atoms with E-state index in [0.29, 0.717) is 23.6 Å². The minimum absolute atomic E-state index is 0.0249. The summed E-state index contributed by atoms with van der Waals surface area (Å²) in [6, 6.07) is 13.0. The largest absolute Gasteiger partial charge is 0.432 e. The van der Waals surface area contributed by atoms with Gasteiger partial charge in [0.25, 0.3) is 5.89 Å². The second-order valence-corrected chi connectivity index (χ2v) is 6.88. The van der Waals surface area contributed by atoms with Gasteiger partial charge in [0.1, 0.15) is 5.52 Å². The lowest BCUT2D eigenvalue weighted by Gasteiger charge is -2.17. The Balaban J connectivity index is 1.27. The maximum atomic E-state index is 12.5. The Hall–Kier alpha value is -3.81. The normalized spacial score (nSPS) is 16.3. The molecule has 1 aliphatic heterocycles. The molecule has 4 aromatic rings. The SMILES string of the molecule is O=C(NC1CCN(c2nccc(-c3cccnc3)n2)C1)c1nc2ccccc2o1. The molecule has 0 spiro atoms. The average molecular weight is 386 g/mol. The monoisotopic (exact) mass is 386 g/mol. The van der Waals surface area contributed by atoms with Crippen LogP contribution < -0.4 is 10.2 Å². The van der Waals surface area contributed by atoms with E-state index >= 15 is 0 Å². The lowest BCUT2D eigenvalue weighted by molar-refractivity contribution is 0.0907. The third-order valence-electron chi connectivity index (χ3n) is 4.89. The molecule has 1 aliphatic rings. The van der Waals surface area contributed by atoms with Gasteiger partial charge in [0, 0.05) is 43.3 Å². The smallest absolute Gasteiger partial charge is 0.307 e. The molecule has 3 aromatic heterocycles. The number of pyridine rings is 1. The van der Waals surface area contributed by atoms with Gasteiger partial charge in [-0.1, -0.05) is 12.1 Å². The van der Waals surface area contributed by atoms with Crippen LogP contribution in [-0.2, 0) is 0 Å². The highest BCUT2D eigenvalue weighted by Crippen LogP contribution is 2.21. The molecular formula is C21H18N6O2. The summed E-state index contributed by atoms with van der Waals surface area (Å²) in [7, 11) is 0. The van der Waals surface area contributed by atoms with Crippen LogP contribution >= 0.6 is 0 Å². The van der Waals surface area contributed by atoms with Crippen LogP contribution in [0.5, 0.6) is 0 Å². The van der Waals surface area contributed by atoms with Crippen LogP contribution in [0.4, 0.5) is 5.95 Å². The molecule has 1 fully saturated rings. The average Bonchev–Trinajstić information content (AvgIpc) is 3.41. The number of oxazole rings is 1. The van der Waals surface area contributed by atoms with Crippen LogP contribution in [0.2, 0.25) is 0 Å². The van der Waals surface area contributed by atoms with Gasteiger partial charge in [-0.15, -0.1) is 0 Å². The van der Waals surface area contributed by atoms with E-state index in [1.807, 2.05) is 36.4 Å². The van der Waals surface area contributed by atoms with E-state index in [2.05, 4.69) is 30.2 Å². The van der Waals surface area contributed by atoms with Gasteiger partial charge in [-0.05, 0) is 36.8 Å². The number of rotatable bonds is 4. The van der Waals surface area contributed by atoms with Crippen molar-refractivity contribution in [3.63, 3.8) is 0 Å². The number of para-hydroxylation sites is 2. The Kier molecular flexibility index (Phi) is 4.36. The zero-order chi connectivity index (χ0) is 19.6. The Morgan fingerprint density at radius 2 is 2.03 bits per heavy atom. The molecule has 1 saturated heterocycles. The number of hydrogen-bond acceptors (Lipinski definition) is 7. The summed E-state index contributed by atoms with van der Waals surface area (Å²) in [6.45, 7) is 1.39. The fourth-order valence-electron chi connectivity index (χ4n) is 3.45. The molecule has 29 heavy (non-hydrogen) atoms. The predicted molar refractivity (Wildman–Crippen MR) is 107 cm³/mol. The van der Waals surface area contributed by atoms with Crippen molar-refractivity contribution in [2.75, 3.05) is 18.0 Å². The zero-order valence-electron chi connectivity index (χ0n) is 15.5. The summed E-state index contributed by atoms with van der Waals surface area (Å²) >= 11 is 0. The van der Waals surface area contributed by atoms with Crippen LogP contribution in [0, 0.1) is 0 Å². The first-order chi connectivity index (χ1) is 14.3. The Labute approximate surface area is 166 Å². The molecule has 5 rings (SSSR count). The van der Waals surface area contributed by atoms with Gasteiger partial charge in [0.2, 0.25) is 5.95 Å². The third-order valence-corrected chi connectivity index (χ3v) is 4.89. The van der Waals surface area contributed by atoms with Gasteiger partial charge < -0.3 is 14.6 Å². The summed E-state index contributed by atoms with van der Waals surface area (Å²) in [6.07, 6.45) is 6.05. The number of nitrogens with one attached hydrogen (secondary N) is 1. The highest BCUT2D eigenvalue weighted by molar-refractivity contribution is 5.92. The van der Waals surface area contributed by atoms with E-state index in [1.165, 1.54) is 0 Å². The lowest BCUT2D eigenvalue weighted by Crippen LogP contribution is -2.37. The number of hydrogen-bond donors (Lipinski definition) is 1. The van der Waals surface area contributed by atoms with Crippen molar-refractivity contribution in [3.8, 4) is 11.3 Å². The summed E-state index contributed by atoms with van der Waals surface area (Å²) in [5.41, 5.74) is 3.04. The van der Waals surface area contributed by atoms with Gasteiger partial charge in [-0.25, -0.2) is 15.0 Å². The molecule has 8 heteroatoms. The number of amides is 1.